The number of piperidine rings is 1. The number of likely N-dealkylation sites (tertiary alicyclic amines) is 1. The van der Waals surface area contributed by atoms with E-state index in [-0.39, 0.29) is 0 Å². The van der Waals surface area contributed by atoms with Gasteiger partial charge in [-0.25, -0.2) is 0 Å². The zero-order chi connectivity index (χ0) is 17.1. The molecule has 0 bridgehead atoms. The van der Waals surface area contributed by atoms with Crippen molar-refractivity contribution in [2.75, 3.05) is 37.3 Å². The Balaban J connectivity index is 1.22. The Morgan fingerprint density at radius 2 is 2.08 bits per heavy atom. The van der Waals surface area contributed by atoms with Gasteiger partial charge in [-0.05, 0) is 49.9 Å². The second kappa shape index (κ2) is 7.14. The molecule has 2 aromatic heterocycles. The fourth-order valence-corrected chi connectivity index (χ4v) is 3.62. The Kier molecular flexibility index (Phi) is 4.56. The number of rotatable bonds is 6. The van der Waals surface area contributed by atoms with Crippen LogP contribution in [0.2, 0.25) is 0 Å². The van der Waals surface area contributed by atoms with E-state index in [1.807, 2.05) is 0 Å². The van der Waals surface area contributed by atoms with Gasteiger partial charge in [-0.15, -0.1) is 5.10 Å². The molecule has 0 spiro atoms. The minimum Gasteiger partial charge on any atom is -0.361 e. The summed E-state index contributed by atoms with van der Waals surface area (Å²) in [6.07, 6.45) is 7.19. The van der Waals surface area contributed by atoms with Crippen LogP contribution in [0.5, 0.6) is 0 Å². The smallest absolute Gasteiger partial charge is 0.244 e. The molecule has 3 aromatic rings. The maximum Gasteiger partial charge on any atom is 0.244 e. The van der Waals surface area contributed by atoms with Gasteiger partial charge in [-0.3, -0.25) is 0 Å². The highest BCUT2D eigenvalue weighted by atomic mass is 15.5. The Bertz CT molecular complexity index is 814. The third kappa shape index (κ3) is 3.76. The Labute approximate surface area is 147 Å². The largest absolute Gasteiger partial charge is 0.361 e. The molecule has 0 radical (unpaired) electrons. The molecule has 1 fully saturated rings. The van der Waals surface area contributed by atoms with Crippen molar-refractivity contribution in [3.05, 3.63) is 42.4 Å². The number of aromatic amines is 1. The van der Waals surface area contributed by atoms with Gasteiger partial charge in [-0.2, -0.15) is 9.77 Å². The van der Waals surface area contributed by atoms with Crippen molar-refractivity contribution in [1.82, 2.24) is 24.8 Å². The number of para-hydroxylation sites is 1. The summed E-state index contributed by atoms with van der Waals surface area (Å²) >= 11 is 0. The summed E-state index contributed by atoms with van der Waals surface area (Å²) in [5, 5.41) is 8.69. The number of nitrogen functional groups attached to an aromatic ring is 1. The molecule has 4 N–H and O–H groups in total. The van der Waals surface area contributed by atoms with E-state index in [0.29, 0.717) is 11.9 Å². The SMILES string of the molecule is Nn1cnc(NCC2CCN(CCc3c[nH]c4ccccc34)CC2)n1. The number of hydrogen-bond acceptors (Lipinski definition) is 5. The van der Waals surface area contributed by atoms with E-state index >= 15 is 0 Å². The summed E-state index contributed by atoms with van der Waals surface area (Å²) in [6, 6.07) is 8.53. The number of anilines is 1. The van der Waals surface area contributed by atoms with Crippen molar-refractivity contribution in [2.45, 2.75) is 19.3 Å². The maximum absolute atomic E-state index is 5.51. The fraction of sp³-hybridized carbons (Fsp3) is 0.444. The van der Waals surface area contributed by atoms with Gasteiger partial charge in [-0.1, -0.05) is 18.2 Å². The van der Waals surface area contributed by atoms with Crippen LogP contribution in [-0.4, -0.2) is 50.9 Å². The molecule has 25 heavy (non-hydrogen) atoms. The lowest BCUT2D eigenvalue weighted by Crippen LogP contribution is -2.37. The average Bonchev–Trinajstić information content (AvgIpc) is 3.25. The van der Waals surface area contributed by atoms with Crippen molar-refractivity contribution >= 4 is 16.9 Å². The van der Waals surface area contributed by atoms with Gasteiger partial charge in [0, 0.05) is 30.2 Å². The predicted octanol–water partition coefficient (Wildman–Crippen LogP) is 1.84. The van der Waals surface area contributed by atoms with E-state index in [0.717, 1.165) is 32.6 Å². The second-order valence-electron chi connectivity index (χ2n) is 6.82. The zero-order valence-electron chi connectivity index (χ0n) is 14.4. The van der Waals surface area contributed by atoms with E-state index in [9.17, 15) is 0 Å². The number of aromatic nitrogens is 4. The molecule has 1 aliphatic rings. The molecular weight excluding hydrogens is 314 g/mol. The molecule has 7 heteroatoms. The van der Waals surface area contributed by atoms with Crippen molar-refractivity contribution in [3.63, 3.8) is 0 Å². The molecule has 0 saturated carbocycles. The molecule has 1 saturated heterocycles. The summed E-state index contributed by atoms with van der Waals surface area (Å²) in [5.74, 6) is 6.80. The van der Waals surface area contributed by atoms with Crippen molar-refractivity contribution in [1.29, 1.82) is 0 Å². The maximum atomic E-state index is 5.51. The standard InChI is InChI=1S/C18H25N7/c19-25-13-22-18(23-25)21-11-14-5-8-24(9-6-14)10-7-15-12-20-17-4-2-1-3-16(15)17/h1-4,12-14,20H,5-11,19H2,(H,21,23). The van der Waals surface area contributed by atoms with Crippen LogP contribution in [0.4, 0.5) is 5.95 Å². The second-order valence-corrected chi connectivity index (χ2v) is 6.82. The van der Waals surface area contributed by atoms with E-state index in [4.69, 9.17) is 5.84 Å². The molecule has 1 aromatic carbocycles. The molecule has 0 atom stereocenters. The van der Waals surface area contributed by atoms with Crippen LogP contribution in [0.15, 0.2) is 36.8 Å². The van der Waals surface area contributed by atoms with E-state index in [1.165, 1.54) is 40.4 Å². The lowest BCUT2D eigenvalue weighted by molar-refractivity contribution is 0.191. The fourth-order valence-electron chi connectivity index (χ4n) is 3.62. The topological polar surface area (TPSA) is 87.8 Å². The molecule has 0 unspecified atom stereocenters. The lowest BCUT2D eigenvalue weighted by Gasteiger charge is -2.31. The minimum atomic E-state index is 0.615. The first kappa shape index (κ1) is 16.0. The minimum absolute atomic E-state index is 0.615. The zero-order valence-corrected chi connectivity index (χ0v) is 14.4. The van der Waals surface area contributed by atoms with E-state index < -0.39 is 0 Å². The normalized spacial score (nSPS) is 16.5. The highest BCUT2D eigenvalue weighted by Crippen LogP contribution is 2.21. The number of hydrogen-bond donors (Lipinski definition) is 3. The van der Waals surface area contributed by atoms with Gasteiger partial charge in [0.25, 0.3) is 0 Å². The van der Waals surface area contributed by atoms with Crippen LogP contribution in [0.1, 0.15) is 18.4 Å². The third-order valence-electron chi connectivity index (χ3n) is 5.14. The average molecular weight is 339 g/mol. The number of nitrogens with one attached hydrogen (secondary N) is 2. The summed E-state index contributed by atoms with van der Waals surface area (Å²) < 4.78 is 0. The Morgan fingerprint density at radius 3 is 2.88 bits per heavy atom. The van der Waals surface area contributed by atoms with Crippen LogP contribution in [0.3, 0.4) is 0 Å². The van der Waals surface area contributed by atoms with Crippen molar-refractivity contribution in [2.24, 2.45) is 5.92 Å². The molecular formula is C18H25N7. The van der Waals surface area contributed by atoms with Crippen LogP contribution < -0.4 is 11.2 Å². The first-order valence-corrected chi connectivity index (χ1v) is 8.96. The first-order valence-electron chi connectivity index (χ1n) is 8.96. The molecule has 0 aliphatic carbocycles. The number of nitrogens with two attached hydrogens (primary N) is 1. The van der Waals surface area contributed by atoms with Gasteiger partial charge in [0.2, 0.25) is 5.95 Å². The Hall–Kier alpha value is -2.54. The number of H-pyrrole nitrogens is 1. The van der Waals surface area contributed by atoms with Crippen LogP contribution in [0.25, 0.3) is 10.9 Å². The van der Waals surface area contributed by atoms with E-state index in [1.54, 1.807) is 0 Å². The summed E-state index contributed by atoms with van der Waals surface area (Å²) in [4.78, 5) is 11.3. The monoisotopic (exact) mass is 339 g/mol. The van der Waals surface area contributed by atoms with Crippen LogP contribution >= 0.6 is 0 Å². The van der Waals surface area contributed by atoms with E-state index in [2.05, 4.69) is 55.7 Å². The number of benzene rings is 1. The summed E-state index contributed by atoms with van der Waals surface area (Å²) in [7, 11) is 0. The quantitative estimate of drug-likeness (QED) is 0.597. The van der Waals surface area contributed by atoms with Crippen LogP contribution in [-0.2, 0) is 6.42 Å². The molecule has 0 amide bonds. The van der Waals surface area contributed by atoms with Gasteiger partial charge in [0.05, 0.1) is 0 Å². The number of nitrogens with zero attached hydrogens (tertiary/aromatic N) is 4. The van der Waals surface area contributed by atoms with Gasteiger partial charge in [0.1, 0.15) is 6.33 Å². The van der Waals surface area contributed by atoms with Gasteiger partial charge in [0.15, 0.2) is 0 Å². The Morgan fingerprint density at radius 1 is 1.24 bits per heavy atom. The summed E-state index contributed by atoms with van der Waals surface area (Å²) in [6.45, 7) is 4.36. The van der Waals surface area contributed by atoms with Crippen molar-refractivity contribution < 1.29 is 0 Å². The van der Waals surface area contributed by atoms with Crippen LogP contribution in [0, 0.1) is 5.92 Å². The van der Waals surface area contributed by atoms with Crippen molar-refractivity contribution in [3.8, 4) is 0 Å². The highest BCUT2D eigenvalue weighted by molar-refractivity contribution is 5.83. The summed E-state index contributed by atoms with van der Waals surface area (Å²) in [5.41, 5.74) is 2.65. The van der Waals surface area contributed by atoms with Gasteiger partial charge < -0.3 is 21.0 Å². The first-order chi connectivity index (χ1) is 12.3. The molecule has 132 valence electrons. The molecule has 4 rings (SSSR count). The highest BCUT2D eigenvalue weighted by Gasteiger charge is 2.19. The van der Waals surface area contributed by atoms with Gasteiger partial charge >= 0.3 is 0 Å². The molecule has 7 nitrogen and oxygen atoms in total. The number of fused-ring (bicyclic) bond motifs is 1. The third-order valence-corrected chi connectivity index (χ3v) is 5.14. The predicted molar refractivity (Wildman–Crippen MR) is 99.8 cm³/mol. The molecule has 1 aliphatic heterocycles. The molecule has 3 heterocycles. The lowest BCUT2D eigenvalue weighted by atomic mass is 9.96.